The molecule has 3 heteroatoms. The summed E-state index contributed by atoms with van der Waals surface area (Å²) in [5.74, 6) is 0. The van der Waals surface area contributed by atoms with Gasteiger partial charge in [-0.2, -0.15) is 0 Å². The average molecular weight is 264 g/mol. The van der Waals surface area contributed by atoms with Crippen molar-refractivity contribution in [2.45, 2.75) is 63.3 Å². The van der Waals surface area contributed by atoms with E-state index in [-0.39, 0.29) is 0 Å². The average Bonchev–Trinajstić information content (AvgIpc) is 2.22. The topological polar surface area (TPSA) is 38.9 Å². The summed E-state index contributed by atoms with van der Waals surface area (Å²) in [5.41, 5.74) is 9.08. The van der Waals surface area contributed by atoms with Crippen LogP contribution in [0.15, 0.2) is 17.2 Å². The van der Waals surface area contributed by atoms with E-state index < -0.39 is 0 Å². The lowest BCUT2D eigenvalue weighted by molar-refractivity contribution is 0.232. The van der Waals surface area contributed by atoms with Crippen LogP contribution in [-0.4, -0.2) is 16.3 Å². The second kappa shape index (κ2) is 5.22. The Labute approximate surface area is 115 Å². The van der Waals surface area contributed by atoms with E-state index in [9.17, 15) is 0 Å². The quantitative estimate of drug-likeness (QED) is 0.885. The lowest BCUT2D eigenvalue weighted by atomic mass is 9.75. The van der Waals surface area contributed by atoms with Gasteiger partial charge in [0.1, 0.15) is 0 Å². The van der Waals surface area contributed by atoms with E-state index in [0.717, 1.165) is 17.1 Å². The monoisotopic (exact) mass is 264 g/mol. The number of thioether (sulfide) groups is 1. The lowest BCUT2D eigenvalue weighted by Gasteiger charge is -2.38. The summed E-state index contributed by atoms with van der Waals surface area (Å²) in [6.45, 7) is 8.88. The van der Waals surface area contributed by atoms with Gasteiger partial charge in [-0.25, -0.2) is 4.98 Å². The van der Waals surface area contributed by atoms with E-state index in [1.165, 1.54) is 18.4 Å². The summed E-state index contributed by atoms with van der Waals surface area (Å²) in [6, 6.07) is 4.60. The molecule has 2 nitrogen and oxygen atoms in total. The van der Waals surface area contributed by atoms with Gasteiger partial charge in [-0.05, 0) is 56.2 Å². The molecule has 0 bridgehead atoms. The minimum atomic E-state index is 0.311. The van der Waals surface area contributed by atoms with Crippen molar-refractivity contribution in [1.82, 2.24) is 4.98 Å². The molecule has 0 amide bonds. The molecule has 18 heavy (non-hydrogen) atoms. The Morgan fingerprint density at radius 2 is 2.06 bits per heavy atom. The van der Waals surface area contributed by atoms with Gasteiger partial charge in [-0.3, -0.25) is 0 Å². The maximum absolute atomic E-state index is 6.28. The van der Waals surface area contributed by atoms with Gasteiger partial charge in [0.05, 0.1) is 5.03 Å². The van der Waals surface area contributed by atoms with Crippen molar-refractivity contribution < 1.29 is 0 Å². The summed E-state index contributed by atoms with van der Waals surface area (Å²) in [4.78, 5) is 4.62. The molecular weight excluding hydrogens is 240 g/mol. The van der Waals surface area contributed by atoms with Crippen molar-refractivity contribution in [2.24, 2.45) is 11.1 Å². The van der Waals surface area contributed by atoms with Crippen molar-refractivity contribution in [3.63, 3.8) is 0 Å². The Kier molecular flexibility index (Phi) is 4.02. The third-order valence-electron chi connectivity index (χ3n) is 3.73. The molecule has 2 unspecified atom stereocenters. The van der Waals surface area contributed by atoms with Crippen molar-refractivity contribution in [3.05, 3.63) is 23.4 Å². The highest BCUT2D eigenvalue weighted by Crippen LogP contribution is 2.41. The minimum Gasteiger partial charge on any atom is -0.327 e. The molecule has 1 fully saturated rings. The van der Waals surface area contributed by atoms with Crippen LogP contribution in [0.3, 0.4) is 0 Å². The van der Waals surface area contributed by atoms with Gasteiger partial charge in [0.2, 0.25) is 0 Å². The number of hydrogen-bond donors (Lipinski definition) is 1. The van der Waals surface area contributed by atoms with Crippen LogP contribution in [0.4, 0.5) is 0 Å². The Morgan fingerprint density at radius 1 is 1.33 bits per heavy atom. The molecule has 1 aliphatic rings. The zero-order valence-corrected chi connectivity index (χ0v) is 12.7. The normalized spacial score (nSPS) is 27.2. The van der Waals surface area contributed by atoms with E-state index in [1.54, 1.807) is 0 Å². The number of rotatable bonds is 2. The third-order valence-corrected chi connectivity index (χ3v) is 5.00. The lowest BCUT2D eigenvalue weighted by Crippen LogP contribution is -2.41. The Balaban J connectivity index is 2.12. The predicted molar refractivity (Wildman–Crippen MR) is 79.0 cm³/mol. The first-order chi connectivity index (χ1) is 8.35. The van der Waals surface area contributed by atoms with Crippen molar-refractivity contribution in [2.75, 3.05) is 0 Å². The first-order valence-corrected chi connectivity index (χ1v) is 7.61. The maximum Gasteiger partial charge on any atom is 0.0968 e. The number of aromatic nitrogens is 1. The van der Waals surface area contributed by atoms with Gasteiger partial charge in [0.25, 0.3) is 0 Å². The van der Waals surface area contributed by atoms with E-state index in [0.29, 0.717) is 16.7 Å². The molecule has 0 radical (unpaired) electrons. The van der Waals surface area contributed by atoms with E-state index >= 15 is 0 Å². The summed E-state index contributed by atoms with van der Waals surface area (Å²) in [7, 11) is 0. The van der Waals surface area contributed by atoms with Crippen molar-refractivity contribution in [3.8, 4) is 0 Å². The number of nitrogens with zero attached hydrogens (tertiary/aromatic N) is 1. The molecular formula is C15H24N2S. The molecule has 2 atom stereocenters. The SMILES string of the molecule is Cc1cc(C)nc(SC2CC(C)(C)CCC2N)c1. The van der Waals surface area contributed by atoms with Crippen LogP contribution in [0.1, 0.15) is 44.4 Å². The van der Waals surface area contributed by atoms with E-state index in [1.807, 2.05) is 11.8 Å². The molecule has 1 aromatic heterocycles. The molecule has 2 N–H and O–H groups in total. The highest BCUT2D eigenvalue weighted by Gasteiger charge is 2.33. The Bertz CT molecular complexity index is 408. The van der Waals surface area contributed by atoms with Crippen molar-refractivity contribution >= 4 is 11.8 Å². The molecule has 0 aromatic carbocycles. The molecule has 0 spiro atoms. The molecule has 1 aromatic rings. The van der Waals surface area contributed by atoms with Gasteiger partial charge in [0.15, 0.2) is 0 Å². The van der Waals surface area contributed by atoms with Crippen LogP contribution in [0.5, 0.6) is 0 Å². The number of pyridine rings is 1. The fourth-order valence-electron chi connectivity index (χ4n) is 2.69. The van der Waals surface area contributed by atoms with Crippen LogP contribution in [0.2, 0.25) is 0 Å². The summed E-state index contributed by atoms with van der Waals surface area (Å²) >= 11 is 1.87. The first-order valence-electron chi connectivity index (χ1n) is 6.73. The molecule has 0 saturated heterocycles. The van der Waals surface area contributed by atoms with Crippen LogP contribution >= 0.6 is 11.8 Å². The van der Waals surface area contributed by atoms with Crippen LogP contribution in [0.25, 0.3) is 0 Å². The largest absolute Gasteiger partial charge is 0.327 e. The number of nitrogens with two attached hydrogens (primary N) is 1. The van der Waals surface area contributed by atoms with Crippen LogP contribution in [0, 0.1) is 19.3 Å². The Hall–Kier alpha value is -0.540. The second-order valence-corrected chi connectivity index (χ2v) is 7.61. The second-order valence-electron chi connectivity index (χ2n) is 6.35. The molecule has 2 rings (SSSR count). The predicted octanol–water partition coefficient (Wildman–Crippen LogP) is 3.70. The zero-order valence-electron chi connectivity index (χ0n) is 11.9. The van der Waals surface area contributed by atoms with Gasteiger partial charge in [-0.1, -0.05) is 13.8 Å². The van der Waals surface area contributed by atoms with Crippen LogP contribution in [-0.2, 0) is 0 Å². The van der Waals surface area contributed by atoms with Gasteiger partial charge in [-0.15, -0.1) is 11.8 Å². The van der Waals surface area contributed by atoms with Gasteiger partial charge in [0, 0.05) is 17.0 Å². The molecule has 1 aliphatic carbocycles. The first kappa shape index (κ1) is 13.9. The fourth-order valence-corrected chi connectivity index (χ4v) is 4.30. The number of hydrogen-bond acceptors (Lipinski definition) is 3. The van der Waals surface area contributed by atoms with E-state index in [2.05, 4.69) is 44.8 Å². The standard InChI is InChI=1S/C15H24N2S/c1-10-7-11(2)17-14(8-10)18-13-9-15(3,4)6-5-12(13)16/h7-8,12-13H,5-6,9,16H2,1-4H3. The Morgan fingerprint density at radius 3 is 2.72 bits per heavy atom. The zero-order chi connectivity index (χ0) is 13.3. The van der Waals surface area contributed by atoms with E-state index in [4.69, 9.17) is 5.73 Å². The summed E-state index contributed by atoms with van der Waals surface area (Å²) < 4.78 is 0. The highest BCUT2D eigenvalue weighted by molar-refractivity contribution is 7.99. The molecule has 100 valence electrons. The fraction of sp³-hybridized carbons (Fsp3) is 0.667. The minimum absolute atomic E-state index is 0.311. The van der Waals surface area contributed by atoms with Gasteiger partial charge >= 0.3 is 0 Å². The molecule has 0 aliphatic heterocycles. The third kappa shape index (κ3) is 3.48. The summed E-state index contributed by atoms with van der Waals surface area (Å²) in [5, 5.41) is 1.63. The van der Waals surface area contributed by atoms with Crippen LogP contribution < -0.4 is 5.73 Å². The highest BCUT2D eigenvalue weighted by atomic mass is 32.2. The molecule has 1 heterocycles. The summed E-state index contributed by atoms with van der Waals surface area (Å²) in [6.07, 6.45) is 3.56. The van der Waals surface area contributed by atoms with Crippen molar-refractivity contribution in [1.29, 1.82) is 0 Å². The smallest absolute Gasteiger partial charge is 0.0968 e. The maximum atomic E-state index is 6.28. The molecule has 1 saturated carbocycles. The van der Waals surface area contributed by atoms with Gasteiger partial charge < -0.3 is 5.73 Å². The number of aryl methyl sites for hydroxylation is 2.